The van der Waals surface area contributed by atoms with E-state index in [1.807, 2.05) is 0 Å². The Morgan fingerprint density at radius 2 is 1.93 bits per heavy atom. The van der Waals surface area contributed by atoms with Crippen molar-refractivity contribution < 1.29 is 8.95 Å². The Bertz CT molecular complexity index is 203. The topological polar surface area (TPSA) is 38.3 Å². The van der Waals surface area contributed by atoms with Gasteiger partial charge in [-0.05, 0) is 33.6 Å². The third-order valence-corrected chi connectivity index (χ3v) is 3.84. The van der Waals surface area contributed by atoms with Crippen molar-refractivity contribution in [1.82, 2.24) is 5.32 Å². The summed E-state index contributed by atoms with van der Waals surface area (Å²) in [6.07, 6.45) is 2.09. The van der Waals surface area contributed by atoms with Gasteiger partial charge in [0.25, 0.3) is 0 Å². The molecule has 3 nitrogen and oxygen atoms in total. The lowest BCUT2D eigenvalue weighted by molar-refractivity contribution is -0.00169. The van der Waals surface area contributed by atoms with Gasteiger partial charge in [-0.15, -0.1) is 0 Å². The van der Waals surface area contributed by atoms with E-state index in [0.717, 1.165) is 37.5 Å². The quantitative estimate of drug-likeness (QED) is 0.744. The summed E-state index contributed by atoms with van der Waals surface area (Å²) in [7, 11) is -0.554. The lowest BCUT2D eigenvalue weighted by Gasteiger charge is -2.24. The number of nitrogens with one attached hydrogen (secondary N) is 1. The van der Waals surface area contributed by atoms with Crippen molar-refractivity contribution in [2.45, 2.75) is 45.3 Å². The summed E-state index contributed by atoms with van der Waals surface area (Å²) in [5.74, 6) is 1.72. The fourth-order valence-corrected chi connectivity index (χ4v) is 2.92. The number of ether oxygens (including phenoxy) is 1. The van der Waals surface area contributed by atoms with Crippen molar-refractivity contribution >= 4 is 10.8 Å². The standard InChI is InChI=1S/C11H23NO2S/c1-11(2,3)14-7-6-12-10-4-8-15(13)9-5-10/h10,12H,4-9H2,1-3H3. The zero-order valence-electron chi connectivity index (χ0n) is 10.0. The van der Waals surface area contributed by atoms with E-state index in [1.54, 1.807) is 0 Å². The molecule has 0 aromatic carbocycles. The second kappa shape index (κ2) is 5.97. The summed E-state index contributed by atoms with van der Waals surface area (Å²) >= 11 is 0. The zero-order valence-corrected chi connectivity index (χ0v) is 10.9. The first-order valence-electron chi connectivity index (χ1n) is 5.70. The summed E-state index contributed by atoms with van der Waals surface area (Å²) in [6.45, 7) is 7.85. The molecule has 0 unspecified atom stereocenters. The molecule has 0 atom stereocenters. The van der Waals surface area contributed by atoms with Crippen LogP contribution in [0.2, 0.25) is 0 Å². The van der Waals surface area contributed by atoms with Gasteiger partial charge in [0.05, 0.1) is 12.2 Å². The Morgan fingerprint density at radius 3 is 2.47 bits per heavy atom. The second-order valence-electron chi connectivity index (χ2n) is 5.04. The maximum Gasteiger partial charge on any atom is 0.0599 e. The van der Waals surface area contributed by atoms with Crippen LogP contribution in [0.15, 0.2) is 0 Å². The van der Waals surface area contributed by atoms with Gasteiger partial charge in [-0.25, -0.2) is 0 Å². The normalized spacial score (nSPS) is 27.9. The van der Waals surface area contributed by atoms with Gasteiger partial charge in [0.15, 0.2) is 0 Å². The van der Waals surface area contributed by atoms with E-state index in [0.29, 0.717) is 6.04 Å². The molecule has 1 aliphatic rings. The van der Waals surface area contributed by atoms with Gasteiger partial charge in [-0.1, -0.05) is 0 Å². The lowest BCUT2D eigenvalue weighted by Crippen LogP contribution is -2.38. The van der Waals surface area contributed by atoms with Gasteiger partial charge < -0.3 is 10.1 Å². The highest BCUT2D eigenvalue weighted by Crippen LogP contribution is 2.09. The van der Waals surface area contributed by atoms with Crippen molar-refractivity contribution in [1.29, 1.82) is 0 Å². The highest BCUT2D eigenvalue weighted by Gasteiger charge is 2.17. The minimum Gasteiger partial charge on any atom is -0.375 e. The fraction of sp³-hybridized carbons (Fsp3) is 1.00. The Balaban J connectivity index is 2.03. The molecule has 0 spiro atoms. The predicted octanol–water partition coefficient (Wildman–Crippen LogP) is 1.30. The van der Waals surface area contributed by atoms with E-state index in [4.69, 9.17) is 4.74 Å². The average Bonchev–Trinajstić information content (AvgIpc) is 2.14. The minimum absolute atomic E-state index is 0.0459. The molecule has 1 aliphatic heterocycles. The maximum absolute atomic E-state index is 11.1. The van der Waals surface area contributed by atoms with E-state index >= 15 is 0 Å². The van der Waals surface area contributed by atoms with Crippen LogP contribution in [0.3, 0.4) is 0 Å². The Hall–Kier alpha value is 0.0700. The van der Waals surface area contributed by atoms with Gasteiger partial charge >= 0.3 is 0 Å². The molecule has 1 heterocycles. The third kappa shape index (κ3) is 6.28. The first kappa shape index (κ1) is 13.1. The number of rotatable bonds is 4. The Kier molecular flexibility index (Phi) is 5.23. The van der Waals surface area contributed by atoms with Crippen LogP contribution in [0.25, 0.3) is 0 Å². The van der Waals surface area contributed by atoms with E-state index in [9.17, 15) is 4.21 Å². The van der Waals surface area contributed by atoms with Gasteiger partial charge in [0.1, 0.15) is 0 Å². The summed E-state index contributed by atoms with van der Waals surface area (Å²) in [5.41, 5.74) is -0.0459. The molecular formula is C11H23NO2S. The fourth-order valence-electron chi connectivity index (χ4n) is 1.62. The molecule has 1 rings (SSSR count). The van der Waals surface area contributed by atoms with Crippen LogP contribution in [0.5, 0.6) is 0 Å². The summed E-state index contributed by atoms with van der Waals surface area (Å²) in [5, 5.41) is 3.46. The number of hydrogen-bond donors (Lipinski definition) is 1. The van der Waals surface area contributed by atoms with Gasteiger partial charge in [-0.3, -0.25) is 4.21 Å². The van der Waals surface area contributed by atoms with E-state index < -0.39 is 10.8 Å². The SMILES string of the molecule is CC(C)(C)OCCNC1CCS(=O)CC1. The van der Waals surface area contributed by atoms with Crippen molar-refractivity contribution in [2.75, 3.05) is 24.7 Å². The van der Waals surface area contributed by atoms with Crippen LogP contribution in [0, 0.1) is 0 Å². The van der Waals surface area contributed by atoms with Crippen molar-refractivity contribution in [3.8, 4) is 0 Å². The molecule has 0 amide bonds. The molecule has 0 saturated carbocycles. The molecule has 0 aliphatic carbocycles. The highest BCUT2D eigenvalue weighted by molar-refractivity contribution is 7.85. The summed E-state index contributed by atoms with van der Waals surface area (Å²) < 4.78 is 16.7. The molecule has 4 heteroatoms. The highest BCUT2D eigenvalue weighted by atomic mass is 32.2. The van der Waals surface area contributed by atoms with Crippen molar-refractivity contribution in [3.63, 3.8) is 0 Å². The van der Waals surface area contributed by atoms with E-state index in [2.05, 4.69) is 26.1 Å². The van der Waals surface area contributed by atoms with Crippen molar-refractivity contribution in [3.05, 3.63) is 0 Å². The molecule has 90 valence electrons. The third-order valence-electron chi connectivity index (χ3n) is 2.46. The van der Waals surface area contributed by atoms with Gasteiger partial charge in [0, 0.05) is 34.9 Å². The Labute approximate surface area is 95.4 Å². The molecule has 1 fully saturated rings. The van der Waals surface area contributed by atoms with Crippen LogP contribution in [-0.2, 0) is 15.5 Å². The number of hydrogen-bond acceptors (Lipinski definition) is 3. The zero-order chi connectivity index (χ0) is 11.3. The van der Waals surface area contributed by atoms with E-state index in [1.165, 1.54) is 0 Å². The van der Waals surface area contributed by atoms with Gasteiger partial charge in [-0.2, -0.15) is 0 Å². The second-order valence-corrected chi connectivity index (χ2v) is 6.73. The first-order valence-corrected chi connectivity index (χ1v) is 7.18. The molecule has 1 saturated heterocycles. The maximum atomic E-state index is 11.1. The predicted molar refractivity (Wildman–Crippen MR) is 64.6 cm³/mol. The lowest BCUT2D eigenvalue weighted by atomic mass is 10.1. The molecule has 0 aromatic heterocycles. The summed E-state index contributed by atoms with van der Waals surface area (Å²) in [6, 6.07) is 0.547. The Morgan fingerprint density at radius 1 is 1.33 bits per heavy atom. The molecular weight excluding hydrogens is 210 g/mol. The van der Waals surface area contributed by atoms with Crippen molar-refractivity contribution in [2.24, 2.45) is 0 Å². The van der Waals surface area contributed by atoms with Crippen LogP contribution in [0.1, 0.15) is 33.6 Å². The first-order chi connectivity index (χ1) is 6.97. The van der Waals surface area contributed by atoms with Gasteiger partial charge in [0.2, 0.25) is 0 Å². The molecule has 0 bridgehead atoms. The van der Waals surface area contributed by atoms with Crippen LogP contribution >= 0.6 is 0 Å². The monoisotopic (exact) mass is 233 g/mol. The van der Waals surface area contributed by atoms with Crippen LogP contribution < -0.4 is 5.32 Å². The largest absolute Gasteiger partial charge is 0.375 e. The average molecular weight is 233 g/mol. The minimum atomic E-state index is -0.554. The summed E-state index contributed by atoms with van der Waals surface area (Å²) in [4.78, 5) is 0. The van der Waals surface area contributed by atoms with Crippen LogP contribution in [0.4, 0.5) is 0 Å². The van der Waals surface area contributed by atoms with E-state index in [-0.39, 0.29) is 5.60 Å². The smallest absolute Gasteiger partial charge is 0.0599 e. The molecule has 0 radical (unpaired) electrons. The molecule has 0 aromatic rings. The molecule has 15 heavy (non-hydrogen) atoms. The van der Waals surface area contributed by atoms with Crippen LogP contribution in [-0.4, -0.2) is 40.5 Å². The molecule has 1 N–H and O–H groups in total.